The van der Waals surface area contributed by atoms with Crippen molar-refractivity contribution in [1.82, 2.24) is 5.32 Å². The maximum atomic E-state index is 13.2. The van der Waals surface area contributed by atoms with Gasteiger partial charge in [-0.15, -0.1) is 0 Å². The highest BCUT2D eigenvalue weighted by Gasteiger charge is 2.12. The van der Waals surface area contributed by atoms with Gasteiger partial charge in [0.25, 0.3) is 0 Å². The summed E-state index contributed by atoms with van der Waals surface area (Å²) < 4.78 is 18.1. The van der Waals surface area contributed by atoms with Gasteiger partial charge in [-0.3, -0.25) is 4.79 Å². The lowest BCUT2D eigenvalue weighted by Crippen LogP contribution is -2.45. The zero-order chi connectivity index (χ0) is 14.5. The molecule has 4 nitrogen and oxygen atoms in total. The van der Waals surface area contributed by atoms with Crippen molar-refractivity contribution in [2.24, 2.45) is 5.73 Å². The molecule has 0 bridgehead atoms. The van der Waals surface area contributed by atoms with Crippen molar-refractivity contribution >= 4 is 5.91 Å². The summed E-state index contributed by atoms with van der Waals surface area (Å²) in [4.78, 5) is 11.6. The highest BCUT2D eigenvalue weighted by atomic mass is 19.1. The summed E-state index contributed by atoms with van der Waals surface area (Å²) in [6.45, 7) is 4.12. The Morgan fingerprint density at radius 3 is 2.74 bits per heavy atom. The topological polar surface area (TPSA) is 64.3 Å². The van der Waals surface area contributed by atoms with E-state index in [1.165, 1.54) is 13.2 Å². The molecule has 0 radical (unpaired) electrons. The number of hydrogen-bond acceptors (Lipinski definition) is 3. The maximum absolute atomic E-state index is 13.2. The van der Waals surface area contributed by atoms with Gasteiger partial charge in [-0.25, -0.2) is 4.39 Å². The number of hydrogen-bond donors (Lipinski definition) is 2. The minimum atomic E-state index is -0.422. The zero-order valence-corrected chi connectivity index (χ0v) is 11.6. The molecule has 0 heterocycles. The van der Waals surface area contributed by atoms with Gasteiger partial charge in [0.1, 0.15) is 0 Å². The number of rotatable bonds is 6. The third-order valence-corrected chi connectivity index (χ3v) is 2.60. The van der Waals surface area contributed by atoms with Crippen LogP contribution in [0.3, 0.4) is 0 Å². The van der Waals surface area contributed by atoms with Crippen LogP contribution in [0.4, 0.5) is 4.39 Å². The van der Waals surface area contributed by atoms with Crippen LogP contribution < -0.4 is 15.8 Å². The normalized spacial score (nSPS) is 11.2. The van der Waals surface area contributed by atoms with Gasteiger partial charge in [0, 0.05) is 18.5 Å². The van der Waals surface area contributed by atoms with Gasteiger partial charge in [-0.2, -0.15) is 0 Å². The van der Waals surface area contributed by atoms with E-state index in [-0.39, 0.29) is 11.7 Å². The molecular weight excluding hydrogens is 247 g/mol. The molecule has 0 unspecified atom stereocenters. The van der Waals surface area contributed by atoms with Crippen LogP contribution >= 0.6 is 0 Å². The largest absolute Gasteiger partial charge is 0.494 e. The van der Waals surface area contributed by atoms with Gasteiger partial charge < -0.3 is 15.8 Å². The van der Waals surface area contributed by atoms with Gasteiger partial charge in [-0.05, 0) is 38.0 Å². The van der Waals surface area contributed by atoms with E-state index in [9.17, 15) is 9.18 Å². The van der Waals surface area contributed by atoms with Crippen LogP contribution in [0.5, 0.6) is 5.75 Å². The second-order valence-electron chi connectivity index (χ2n) is 5.23. The van der Waals surface area contributed by atoms with E-state index in [1.807, 2.05) is 13.8 Å². The molecule has 0 saturated carbocycles. The molecule has 0 atom stereocenters. The lowest BCUT2D eigenvalue weighted by atomic mass is 10.1. The van der Waals surface area contributed by atoms with Crippen molar-refractivity contribution in [2.75, 3.05) is 13.7 Å². The van der Waals surface area contributed by atoms with E-state index in [0.717, 1.165) is 5.56 Å². The fourth-order valence-electron chi connectivity index (χ4n) is 1.53. The fourth-order valence-corrected chi connectivity index (χ4v) is 1.53. The molecule has 1 aromatic carbocycles. The van der Waals surface area contributed by atoms with Crippen LogP contribution in [-0.2, 0) is 11.2 Å². The number of amides is 1. The maximum Gasteiger partial charge on any atom is 0.220 e. The fraction of sp³-hybridized carbons (Fsp3) is 0.500. The molecule has 0 spiro atoms. The molecule has 0 aromatic heterocycles. The molecular formula is C14H21FN2O2. The molecule has 0 aliphatic carbocycles. The number of halogens is 1. The van der Waals surface area contributed by atoms with Crippen molar-refractivity contribution in [1.29, 1.82) is 0 Å². The molecule has 1 aromatic rings. The second kappa shape index (κ2) is 6.52. The molecule has 1 amide bonds. The molecule has 1 rings (SSSR count). The zero-order valence-electron chi connectivity index (χ0n) is 11.6. The number of carbonyl (C=O) groups is 1. The Hall–Kier alpha value is -1.62. The molecule has 106 valence electrons. The number of aryl methyl sites for hydroxylation is 1. The summed E-state index contributed by atoms with van der Waals surface area (Å²) in [5.74, 6) is -0.275. The predicted octanol–water partition coefficient (Wildman–Crippen LogP) is 1.62. The number of benzene rings is 1. The average molecular weight is 268 g/mol. The summed E-state index contributed by atoms with van der Waals surface area (Å²) in [5.41, 5.74) is 6.21. The van der Waals surface area contributed by atoms with Crippen LogP contribution in [0, 0.1) is 5.82 Å². The predicted molar refractivity (Wildman–Crippen MR) is 72.5 cm³/mol. The van der Waals surface area contributed by atoms with Crippen molar-refractivity contribution in [2.45, 2.75) is 32.2 Å². The smallest absolute Gasteiger partial charge is 0.220 e. The van der Waals surface area contributed by atoms with Gasteiger partial charge in [-0.1, -0.05) is 6.07 Å². The van der Waals surface area contributed by atoms with E-state index in [0.29, 0.717) is 19.4 Å². The summed E-state index contributed by atoms with van der Waals surface area (Å²) in [7, 11) is 1.41. The first-order valence-electron chi connectivity index (χ1n) is 6.20. The van der Waals surface area contributed by atoms with Gasteiger partial charge in [0.05, 0.1) is 7.11 Å². The summed E-state index contributed by atoms with van der Waals surface area (Å²) in [5, 5.41) is 2.76. The van der Waals surface area contributed by atoms with E-state index in [2.05, 4.69) is 5.32 Å². The first-order chi connectivity index (χ1) is 8.81. The number of ether oxygens (including phenoxy) is 1. The van der Waals surface area contributed by atoms with Crippen molar-refractivity contribution in [3.8, 4) is 5.75 Å². The number of nitrogens with one attached hydrogen (secondary N) is 1. The molecule has 0 saturated heterocycles. The van der Waals surface area contributed by atoms with Crippen LogP contribution in [-0.4, -0.2) is 25.1 Å². The third-order valence-electron chi connectivity index (χ3n) is 2.60. The highest BCUT2D eigenvalue weighted by molar-refractivity contribution is 5.76. The average Bonchev–Trinajstić information content (AvgIpc) is 2.34. The second-order valence-corrected chi connectivity index (χ2v) is 5.23. The Bertz CT molecular complexity index is 442. The van der Waals surface area contributed by atoms with Crippen molar-refractivity contribution in [3.63, 3.8) is 0 Å². The molecule has 0 aliphatic heterocycles. The number of methoxy groups -OCH3 is 1. The SMILES string of the molecule is COc1cc(CCC(=O)NCC(C)(C)N)ccc1F. The van der Waals surface area contributed by atoms with E-state index in [1.54, 1.807) is 12.1 Å². The quantitative estimate of drug-likeness (QED) is 0.824. The summed E-state index contributed by atoms with van der Waals surface area (Å²) >= 11 is 0. The van der Waals surface area contributed by atoms with Crippen molar-refractivity contribution < 1.29 is 13.9 Å². The highest BCUT2D eigenvalue weighted by Crippen LogP contribution is 2.19. The Balaban J connectivity index is 2.46. The summed E-state index contributed by atoms with van der Waals surface area (Å²) in [6.07, 6.45) is 0.873. The third kappa shape index (κ3) is 5.70. The Labute approximate surface area is 113 Å². The Morgan fingerprint density at radius 2 is 2.16 bits per heavy atom. The molecule has 5 heteroatoms. The monoisotopic (exact) mass is 268 g/mol. The van der Waals surface area contributed by atoms with Crippen LogP contribution in [0.1, 0.15) is 25.8 Å². The van der Waals surface area contributed by atoms with E-state index >= 15 is 0 Å². The molecule has 19 heavy (non-hydrogen) atoms. The van der Waals surface area contributed by atoms with Gasteiger partial charge in [0.2, 0.25) is 5.91 Å². The van der Waals surface area contributed by atoms with Crippen LogP contribution in [0.15, 0.2) is 18.2 Å². The molecule has 0 fully saturated rings. The standard InChI is InChI=1S/C14H21FN2O2/c1-14(2,16)9-17-13(18)7-5-10-4-6-11(15)12(8-10)19-3/h4,6,8H,5,7,9,16H2,1-3H3,(H,17,18). The summed E-state index contributed by atoms with van der Waals surface area (Å²) in [6, 6.07) is 4.60. The number of carbonyl (C=O) groups excluding carboxylic acids is 1. The van der Waals surface area contributed by atoms with Crippen LogP contribution in [0.25, 0.3) is 0 Å². The number of nitrogens with two attached hydrogens (primary N) is 1. The van der Waals surface area contributed by atoms with Gasteiger partial charge in [0.15, 0.2) is 11.6 Å². The van der Waals surface area contributed by atoms with Gasteiger partial charge >= 0.3 is 0 Å². The lowest BCUT2D eigenvalue weighted by molar-refractivity contribution is -0.121. The lowest BCUT2D eigenvalue weighted by Gasteiger charge is -2.18. The Kier molecular flexibility index (Phi) is 5.30. The molecule has 3 N–H and O–H groups in total. The van der Waals surface area contributed by atoms with E-state index < -0.39 is 11.4 Å². The minimum absolute atomic E-state index is 0.0678. The van der Waals surface area contributed by atoms with E-state index in [4.69, 9.17) is 10.5 Å². The first-order valence-corrected chi connectivity index (χ1v) is 6.20. The first kappa shape index (κ1) is 15.4. The van der Waals surface area contributed by atoms with Crippen molar-refractivity contribution in [3.05, 3.63) is 29.6 Å². The van der Waals surface area contributed by atoms with Crippen LogP contribution in [0.2, 0.25) is 0 Å². The molecule has 0 aliphatic rings. The Morgan fingerprint density at radius 1 is 1.47 bits per heavy atom. The minimum Gasteiger partial charge on any atom is -0.494 e.